The Morgan fingerprint density at radius 2 is 2.28 bits per heavy atom. The van der Waals surface area contributed by atoms with Crippen molar-refractivity contribution in [1.82, 2.24) is 9.55 Å². The highest BCUT2D eigenvalue weighted by molar-refractivity contribution is 6.33. The van der Waals surface area contributed by atoms with Gasteiger partial charge in [-0.3, -0.25) is 14.7 Å². The third-order valence-electron chi connectivity index (χ3n) is 2.49. The highest BCUT2D eigenvalue weighted by Crippen LogP contribution is 2.31. The molecule has 6 nitrogen and oxygen atoms in total. The summed E-state index contributed by atoms with van der Waals surface area (Å²) in [6.07, 6.45) is 3.77. The van der Waals surface area contributed by atoms with Crippen molar-refractivity contribution in [3.05, 3.63) is 51.6 Å². The van der Waals surface area contributed by atoms with Crippen molar-refractivity contribution in [2.75, 3.05) is 6.54 Å². The Hall–Kier alpha value is -1.92. The van der Waals surface area contributed by atoms with Gasteiger partial charge in [0.2, 0.25) is 0 Å². The fourth-order valence-corrected chi connectivity index (χ4v) is 1.99. The summed E-state index contributed by atoms with van der Waals surface area (Å²) in [4.78, 5) is 14.7. The Balaban J connectivity index is 2.60. The van der Waals surface area contributed by atoms with Crippen LogP contribution in [0.1, 0.15) is 5.82 Å². The molecule has 94 valence electrons. The van der Waals surface area contributed by atoms with E-state index in [1.807, 2.05) is 0 Å². The molecule has 0 radical (unpaired) electrons. The van der Waals surface area contributed by atoms with E-state index in [2.05, 4.69) is 4.98 Å². The normalized spacial score (nSPS) is 10.6. The van der Waals surface area contributed by atoms with E-state index in [1.165, 1.54) is 6.07 Å². The summed E-state index contributed by atoms with van der Waals surface area (Å²) in [5.74, 6) is 0.669. The van der Waals surface area contributed by atoms with E-state index in [-0.39, 0.29) is 10.7 Å². The number of aromatic nitrogens is 2. The molecule has 0 saturated heterocycles. The highest BCUT2D eigenvalue weighted by Gasteiger charge is 2.20. The molecule has 2 rings (SSSR count). The molecular formula is C11H11ClN4O2. The van der Waals surface area contributed by atoms with Crippen LogP contribution in [0, 0.1) is 10.1 Å². The topological polar surface area (TPSA) is 87.0 Å². The second kappa shape index (κ2) is 5.16. The maximum absolute atomic E-state index is 11.1. The van der Waals surface area contributed by atoms with Gasteiger partial charge in [0.25, 0.3) is 0 Å². The Bertz CT molecular complexity index is 582. The minimum atomic E-state index is -0.496. The van der Waals surface area contributed by atoms with Crippen molar-refractivity contribution in [1.29, 1.82) is 0 Å². The van der Waals surface area contributed by atoms with E-state index in [0.717, 1.165) is 0 Å². The number of nitrogens with two attached hydrogens (primary N) is 1. The molecule has 0 aliphatic rings. The number of hydrogen-bond donors (Lipinski definition) is 1. The third kappa shape index (κ3) is 2.20. The lowest BCUT2D eigenvalue weighted by Crippen LogP contribution is -2.09. The van der Waals surface area contributed by atoms with Gasteiger partial charge in [0.15, 0.2) is 0 Å². The Morgan fingerprint density at radius 1 is 1.50 bits per heavy atom. The zero-order valence-electron chi connectivity index (χ0n) is 9.41. The Morgan fingerprint density at radius 3 is 2.94 bits per heavy atom. The van der Waals surface area contributed by atoms with E-state index in [9.17, 15) is 10.1 Å². The molecule has 1 aromatic heterocycles. The van der Waals surface area contributed by atoms with Gasteiger partial charge in [-0.25, -0.2) is 4.98 Å². The molecular weight excluding hydrogens is 256 g/mol. The maximum atomic E-state index is 11.1. The molecule has 0 bridgehead atoms. The monoisotopic (exact) mass is 266 g/mol. The molecule has 1 aromatic carbocycles. The summed E-state index contributed by atoms with van der Waals surface area (Å²) in [5.41, 5.74) is 5.75. The molecule has 0 unspecified atom stereocenters. The molecule has 7 heteroatoms. The summed E-state index contributed by atoms with van der Waals surface area (Å²) in [5, 5.41) is 11.2. The number of imidazole rings is 1. The van der Waals surface area contributed by atoms with E-state index >= 15 is 0 Å². The molecule has 2 aromatic rings. The molecule has 0 fully saturated rings. The van der Waals surface area contributed by atoms with Gasteiger partial charge >= 0.3 is 5.69 Å². The van der Waals surface area contributed by atoms with Crippen LogP contribution in [0.2, 0.25) is 5.02 Å². The van der Waals surface area contributed by atoms with Crippen molar-refractivity contribution in [3.8, 4) is 5.69 Å². The summed E-state index contributed by atoms with van der Waals surface area (Å²) in [7, 11) is 0. The largest absolute Gasteiger partial charge is 0.330 e. The molecule has 18 heavy (non-hydrogen) atoms. The average Bonchev–Trinajstić information content (AvgIpc) is 2.76. The molecule has 0 amide bonds. The predicted octanol–water partition coefficient (Wildman–Crippen LogP) is 1.94. The van der Waals surface area contributed by atoms with Crippen molar-refractivity contribution < 1.29 is 4.92 Å². The summed E-state index contributed by atoms with van der Waals surface area (Å²) >= 11 is 5.87. The number of rotatable bonds is 4. The molecule has 1 heterocycles. The summed E-state index contributed by atoms with van der Waals surface area (Å²) in [6.45, 7) is 0.422. The first-order valence-corrected chi connectivity index (χ1v) is 5.68. The van der Waals surface area contributed by atoms with Crippen LogP contribution in [0.5, 0.6) is 0 Å². The van der Waals surface area contributed by atoms with Crippen LogP contribution in [0.3, 0.4) is 0 Å². The van der Waals surface area contributed by atoms with Crippen LogP contribution in [0.4, 0.5) is 5.69 Å². The lowest BCUT2D eigenvalue weighted by atomic mass is 10.2. The lowest BCUT2D eigenvalue weighted by Gasteiger charge is -2.08. The van der Waals surface area contributed by atoms with Gasteiger partial charge in [-0.15, -0.1) is 0 Å². The lowest BCUT2D eigenvalue weighted by molar-refractivity contribution is -0.384. The van der Waals surface area contributed by atoms with Crippen LogP contribution >= 0.6 is 11.6 Å². The molecule has 0 aliphatic carbocycles. The first kappa shape index (κ1) is 12.5. The summed E-state index contributed by atoms with van der Waals surface area (Å²) in [6, 6.07) is 4.78. The number of halogens is 1. The van der Waals surface area contributed by atoms with E-state index in [4.69, 9.17) is 17.3 Å². The van der Waals surface area contributed by atoms with E-state index in [0.29, 0.717) is 24.5 Å². The minimum absolute atomic E-state index is 0.102. The van der Waals surface area contributed by atoms with Crippen LogP contribution < -0.4 is 5.73 Å². The predicted molar refractivity (Wildman–Crippen MR) is 68.0 cm³/mol. The van der Waals surface area contributed by atoms with Gasteiger partial charge in [-0.2, -0.15) is 0 Å². The quantitative estimate of drug-likeness (QED) is 0.677. The minimum Gasteiger partial charge on any atom is -0.330 e. The zero-order valence-corrected chi connectivity index (χ0v) is 10.2. The number of nitro benzene ring substituents is 1. The molecule has 2 N–H and O–H groups in total. The van der Waals surface area contributed by atoms with Crippen molar-refractivity contribution in [3.63, 3.8) is 0 Å². The first-order valence-electron chi connectivity index (χ1n) is 5.30. The fraction of sp³-hybridized carbons (Fsp3) is 0.182. The van der Waals surface area contributed by atoms with Crippen molar-refractivity contribution >= 4 is 17.3 Å². The van der Waals surface area contributed by atoms with Gasteiger partial charge in [-0.1, -0.05) is 17.7 Å². The summed E-state index contributed by atoms with van der Waals surface area (Å²) < 4.78 is 1.64. The van der Waals surface area contributed by atoms with Crippen LogP contribution in [0.15, 0.2) is 30.6 Å². The Labute approximate surface area is 108 Å². The Kier molecular flexibility index (Phi) is 3.59. The number of benzene rings is 1. The zero-order chi connectivity index (χ0) is 13.1. The van der Waals surface area contributed by atoms with Gasteiger partial charge in [0, 0.05) is 18.8 Å². The second-order valence-electron chi connectivity index (χ2n) is 3.62. The number of nitro groups is 1. The first-order chi connectivity index (χ1) is 8.65. The van der Waals surface area contributed by atoms with Gasteiger partial charge in [-0.05, 0) is 18.7 Å². The van der Waals surface area contributed by atoms with Gasteiger partial charge in [0.05, 0.1) is 4.92 Å². The molecule has 0 spiro atoms. The third-order valence-corrected chi connectivity index (χ3v) is 2.80. The smallest absolute Gasteiger partial charge is 0.311 e. The molecule has 0 atom stereocenters. The van der Waals surface area contributed by atoms with Crippen LogP contribution in [0.25, 0.3) is 5.69 Å². The maximum Gasteiger partial charge on any atom is 0.311 e. The number of para-hydroxylation sites is 1. The van der Waals surface area contributed by atoms with Crippen molar-refractivity contribution in [2.45, 2.75) is 6.42 Å². The van der Waals surface area contributed by atoms with Crippen LogP contribution in [-0.4, -0.2) is 21.0 Å². The fourth-order valence-electron chi connectivity index (χ4n) is 1.75. The standard InChI is InChI=1S/C11H11ClN4O2/c12-8-2-1-3-9(11(8)16(17)18)15-7-6-14-10(15)4-5-13/h1-3,6-7H,4-5,13H2. The van der Waals surface area contributed by atoms with Crippen LogP contribution in [-0.2, 0) is 6.42 Å². The highest BCUT2D eigenvalue weighted by atomic mass is 35.5. The van der Waals surface area contributed by atoms with Gasteiger partial charge in [0.1, 0.15) is 16.5 Å². The van der Waals surface area contributed by atoms with E-state index < -0.39 is 4.92 Å². The number of nitrogens with zero attached hydrogens (tertiary/aromatic N) is 3. The van der Waals surface area contributed by atoms with Gasteiger partial charge < -0.3 is 5.73 Å². The SMILES string of the molecule is NCCc1nccn1-c1cccc(Cl)c1[N+](=O)[O-]. The van der Waals surface area contributed by atoms with E-state index in [1.54, 1.807) is 29.1 Å². The molecule has 0 saturated carbocycles. The van der Waals surface area contributed by atoms with Crippen molar-refractivity contribution in [2.24, 2.45) is 5.73 Å². The second-order valence-corrected chi connectivity index (χ2v) is 4.02. The average molecular weight is 267 g/mol. The number of hydrogen-bond acceptors (Lipinski definition) is 4. The molecule has 0 aliphatic heterocycles.